The Labute approximate surface area is 173 Å². The van der Waals surface area contributed by atoms with Gasteiger partial charge in [-0.3, -0.25) is 14.0 Å². The highest BCUT2D eigenvalue weighted by Crippen LogP contribution is 2.30. The van der Waals surface area contributed by atoms with E-state index in [1.807, 2.05) is 13.0 Å². The topological polar surface area (TPSA) is 82.1 Å². The Kier molecular flexibility index (Phi) is 6.69. The Balaban J connectivity index is 1.96. The summed E-state index contributed by atoms with van der Waals surface area (Å²) in [6, 6.07) is 7.44. The second kappa shape index (κ2) is 9.04. The van der Waals surface area contributed by atoms with Crippen LogP contribution >= 0.6 is 11.6 Å². The zero-order valence-corrected chi connectivity index (χ0v) is 16.9. The second-order valence-electron chi connectivity index (χ2n) is 6.50. The van der Waals surface area contributed by atoms with E-state index in [1.165, 1.54) is 6.07 Å². The van der Waals surface area contributed by atoms with Crippen LogP contribution in [0.2, 0.25) is 5.02 Å². The number of hydrogen-bond acceptors (Lipinski definition) is 4. The summed E-state index contributed by atoms with van der Waals surface area (Å²) in [7, 11) is 0. The van der Waals surface area contributed by atoms with E-state index in [0.29, 0.717) is 17.3 Å². The fourth-order valence-corrected chi connectivity index (χ4v) is 3.63. The van der Waals surface area contributed by atoms with Gasteiger partial charge in [0, 0.05) is 35.0 Å². The molecule has 5 nitrogen and oxygen atoms in total. The first-order valence-corrected chi connectivity index (χ1v) is 10.1. The summed E-state index contributed by atoms with van der Waals surface area (Å²) < 4.78 is 51.8. The number of benzene rings is 2. The zero-order chi connectivity index (χ0) is 21.1. The van der Waals surface area contributed by atoms with Crippen molar-refractivity contribution in [2.75, 3.05) is 6.54 Å². The summed E-state index contributed by atoms with van der Waals surface area (Å²) in [4.78, 5) is 17.2. The molecule has 1 N–H and O–H groups in total. The Bertz CT molecular complexity index is 1120. The number of nitrogens with zero attached hydrogens (tertiary/aromatic N) is 1. The maximum Gasteiger partial charge on any atom is 0.197 e. The van der Waals surface area contributed by atoms with E-state index in [9.17, 15) is 22.3 Å². The fraction of sp³-hybridized carbons (Fsp3) is 0.200. The number of hydrogen-bond donors (Lipinski definition) is 1. The summed E-state index contributed by atoms with van der Waals surface area (Å²) in [6.45, 7) is 1.96. The lowest BCUT2D eigenvalue weighted by atomic mass is 9.97. The SMILES string of the molecule is Cc1cnc2ccc(C(=O)c3c(F)c(F)cc(CCCNS(=O)[O-])c3Cl)cc2c1. The van der Waals surface area contributed by atoms with E-state index >= 15 is 0 Å². The average molecular weight is 438 g/mol. The third-order valence-corrected chi connectivity index (χ3v) is 5.25. The molecule has 0 aliphatic heterocycles. The van der Waals surface area contributed by atoms with Crippen LogP contribution in [-0.4, -0.2) is 26.1 Å². The zero-order valence-electron chi connectivity index (χ0n) is 15.3. The van der Waals surface area contributed by atoms with Crippen molar-refractivity contribution in [1.82, 2.24) is 9.71 Å². The van der Waals surface area contributed by atoms with Crippen LogP contribution in [0.4, 0.5) is 8.78 Å². The lowest BCUT2D eigenvalue weighted by Crippen LogP contribution is -2.18. The highest BCUT2D eigenvalue weighted by atomic mass is 35.5. The summed E-state index contributed by atoms with van der Waals surface area (Å²) >= 11 is 3.82. The minimum Gasteiger partial charge on any atom is -0.760 e. The Hall–Kier alpha value is -2.26. The molecule has 152 valence electrons. The molecule has 9 heteroatoms. The predicted octanol–water partition coefficient (Wildman–Crippen LogP) is 4.02. The van der Waals surface area contributed by atoms with Crippen LogP contribution in [0.3, 0.4) is 0 Å². The van der Waals surface area contributed by atoms with Crippen LogP contribution < -0.4 is 4.72 Å². The molecule has 3 rings (SSSR count). The number of nitrogens with one attached hydrogen (secondary N) is 1. The third-order valence-electron chi connectivity index (χ3n) is 4.38. The molecule has 0 saturated carbocycles. The van der Waals surface area contributed by atoms with Gasteiger partial charge in [0.1, 0.15) is 0 Å². The lowest BCUT2D eigenvalue weighted by molar-refractivity contribution is 0.103. The number of fused-ring (bicyclic) bond motifs is 1. The van der Waals surface area contributed by atoms with Crippen molar-refractivity contribution in [3.63, 3.8) is 0 Å². The van der Waals surface area contributed by atoms with E-state index in [-0.39, 0.29) is 29.1 Å². The molecule has 0 amide bonds. The molecular weight excluding hydrogens is 422 g/mol. The van der Waals surface area contributed by atoms with Gasteiger partial charge in [0.05, 0.1) is 16.1 Å². The van der Waals surface area contributed by atoms with Crippen molar-refractivity contribution in [2.45, 2.75) is 19.8 Å². The van der Waals surface area contributed by atoms with Crippen molar-refractivity contribution in [3.8, 4) is 0 Å². The van der Waals surface area contributed by atoms with Gasteiger partial charge in [0.25, 0.3) is 0 Å². The van der Waals surface area contributed by atoms with Crippen molar-refractivity contribution in [1.29, 1.82) is 0 Å². The molecule has 29 heavy (non-hydrogen) atoms. The first kappa shape index (κ1) is 21.4. The average Bonchev–Trinajstić information content (AvgIpc) is 2.68. The molecule has 0 radical (unpaired) electrons. The lowest BCUT2D eigenvalue weighted by Gasteiger charge is -2.12. The van der Waals surface area contributed by atoms with Crippen LogP contribution in [-0.2, 0) is 17.7 Å². The van der Waals surface area contributed by atoms with Crippen LogP contribution in [0.15, 0.2) is 36.5 Å². The van der Waals surface area contributed by atoms with Gasteiger partial charge >= 0.3 is 0 Å². The van der Waals surface area contributed by atoms with E-state index in [1.54, 1.807) is 18.3 Å². The van der Waals surface area contributed by atoms with Crippen molar-refractivity contribution < 1.29 is 22.3 Å². The predicted molar refractivity (Wildman–Crippen MR) is 107 cm³/mol. The number of aromatic nitrogens is 1. The van der Waals surface area contributed by atoms with Gasteiger partial charge in [-0.05, 0) is 61.2 Å². The quantitative estimate of drug-likeness (QED) is 0.262. The molecule has 0 aliphatic carbocycles. The molecule has 1 unspecified atom stereocenters. The highest BCUT2D eigenvalue weighted by molar-refractivity contribution is 7.77. The summed E-state index contributed by atoms with van der Waals surface area (Å²) in [5, 5.41) is 0.514. The van der Waals surface area contributed by atoms with Crippen LogP contribution in [0.5, 0.6) is 0 Å². The Morgan fingerprint density at radius 2 is 2.03 bits per heavy atom. The molecule has 1 atom stereocenters. The molecule has 0 bridgehead atoms. The maximum atomic E-state index is 14.5. The molecule has 1 heterocycles. The number of halogens is 3. The van der Waals surface area contributed by atoms with Crippen LogP contribution in [0.25, 0.3) is 10.9 Å². The first-order chi connectivity index (χ1) is 13.8. The van der Waals surface area contributed by atoms with Gasteiger partial charge in [0.15, 0.2) is 17.4 Å². The van der Waals surface area contributed by atoms with Gasteiger partial charge in [-0.25, -0.2) is 13.5 Å². The summed E-state index contributed by atoms with van der Waals surface area (Å²) in [5.41, 5.74) is 1.41. The van der Waals surface area contributed by atoms with Crippen molar-refractivity contribution in [2.24, 2.45) is 0 Å². The second-order valence-corrected chi connectivity index (χ2v) is 7.64. The molecular formula is C20H16ClF2N2O3S-. The highest BCUT2D eigenvalue weighted by Gasteiger charge is 2.24. The largest absolute Gasteiger partial charge is 0.760 e. The number of carbonyl (C=O) groups is 1. The molecule has 2 aromatic carbocycles. The van der Waals surface area contributed by atoms with Gasteiger partial charge in [-0.1, -0.05) is 11.6 Å². The number of ketones is 1. The Morgan fingerprint density at radius 3 is 2.76 bits per heavy atom. The molecule has 1 aromatic heterocycles. The molecule has 0 fully saturated rings. The van der Waals surface area contributed by atoms with Crippen LogP contribution in [0, 0.1) is 18.6 Å². The number of aryl methyl sites for hydroxylation is 2. The van der Waals surface area contributed by atoms with E-state index in [0.717, 1.165) is 11.6 Å². The number of carbonyl (C=O) groups excluding carboxylic acids is 1. The van der Waals surface area contributed by atoms with E-state index < -0.39 is 34.2 Å². The molecule has 0 saturated heterocycles. The van der Waals surface area contributed by atoms with Gasteiger partial charge in [-0.15, -0.1) is 0 Å². The van der Waals surface area contributed by atoms with Gasteiger partial charge < -0.3 is 4.55 Å². The first-order valence-electron chi connectivity index (χ1n) is 8.68. The minimum absolute atomic E-state index is 0.103. The number of pyridine rings is 1. The molecule has 3 aromatic rings. The monoisotopic (exact) mass is 437 g/mol. The standard InChI is InChI=1S/C20H17ClF2N2O3S/c1-11-7-14-8-13(4-5-16(14)24-10-11)20(26)17-18(21)12(9-15(22)19(17)23)3-2-6-25-29(27)28/h4-5,7-10,25H,2-3,6H2,1H3,(H,27,28)/p-1. The molecule has 0 aliphatic rings. The van der Waals surface area contributed by atoms with E-state index in [4.69, 9.17) is 11.6 Å². The fourth-order valence-electron chi connectivity index (χ4n) is 3.00. The van der Waals surface area contributed by atoms with Crippen molar-refractivity contribution in [3.05, 3.63) is 75.4 Å². The third kappa shape index (κ3) is 4.84. The minimum atomic E-state index is -2.41. The van der Waals surface area contributed by atoms with Gasteiger partial charge in [0.2, 0.25) is 0 Å². The van der Waals surface area contributed by atoms with Crippen LogP contribution in [0.1, 0.15) is 33.5 Å². The summed E-state index contributed by atoms with van der Waals surface area (Å²) in [5.74, 6) is -3.24. The maximum absolute atomic E-state index is 14.5. The van der Waals surface area contributed by atoms with E-state index in [2.05, 4.69) is 9.71 Å². The smallest absolute Gasteiger partial charge is 0.197 e. The normalized spacial score (nSPS) is 12.3. The Morgan fingerprint density at radius 1 is 1.28 bits per heavy atom. The number of rotatable bonds is 7. The van der Waals surface area contributed by atoms with Crippen molar-refractivity contribution >= 4 is 39.6 Å². The van der Waals surface area contributed by atoms with Gasteiger partial charge in [-0.2, -0.15) is 0 Å². The molecule has 0 spiro atoms. The summed E-state index contributed by atoms with van der Waals surface area (Å²) in [6.07, 6.45) is 2.16.